The zero-order valence-electron chi connectivity index (χ0n) is 16.6. The number of fused-ring (bicyclic) bond motifs is 1. The number of hydrogen-bond donors (Lipinski definition) is 3. The van der Waals surface area contributed by atoms with Crippen molar-refractivity contribution < 1.29 is 9.53 Å². The van der Waals surface area contributed by atoms with Crippen molar-refractivity contribution in [1.82, 2.24) is 25.1 Å². The van der Waals surface area contributed by atoms with Crippen LogP contribution >= 0.6 is 0 Å². The lowest BCUT2D eigenvalue weighted by molar-refractivity contribution is 0.254. The van der Waals surface area contributed by atoms with Crippen LogP contribution in [-0.4, -0.2) is 32.8 Å². The molecule has 1 aromatic carbocycles. The summed E-state index contributed by atoms with van der Waals surface area (Å²) in [5.74, 6) is 2.52. The maximum absolute atomic E-state index is 12.7. The summed E-state index contributed by atoms with van der Waals surface area (Å²) in [5.41, 5.74) is 2.78. The van der Waals surface area contributed by atoms with Crippen molar-refractivity contribution in [3.05, 3.63) is 66.2 Å². The van der Waals surface area contributed by atoms with Crippen LogP contribution in [0, 0.1) is 0 Å². The lowest BCUT2D eigenvalue weighted by Crippen LogP contribution is -2.18. The van der Waals surface area contributed by atoms with Gasteiger partial charge in [-0.1, -0.05) is 0 Å². The molecule has 3 heterocycles. The highest BCUT2D eigenvalue weighted by Crippen LogP contribution is 2.39. The monoisotopic (exact) mass is 402 g/mol. The molecule has 0 bridgehead atoms. The molecule has 30 heavy (non-hydrogen) atoms. The van der Waals surface area contributed by atoms with Crippen molar-refractivity contribution in [2.45, 2.75) is 25.3 Å². The molecule has 4 aromatic rings. The van der Waals surface area contributed by atoms with Gasteiger partial charge in [0.2, 0.25) is 0 Å². The van der Waals surface area contributed by atoms with Gasteiger partial charge in [-0.15, -0.1) is 0 Å². The summed E-state index contributed by atoms with van der Waals surface area (Å²) in [6.07, 6.45) is 5.83. The molecule has 0 saturated heterocycles. The minimum atomic E-state index is -0.252. The van der Waals surface area contributed by atoms with Gasteiger partial charge in [-0.05, 0) is 50.2 Å². The molecule has 1 fully saturated rings. The standard InChI is InChI=1S/C22H22N6O2/c1-23-13-16-11-18(6-8-24-16)30-17-4-5-20-15(10-17)7-9-28(20)22(29)25-21-12-19(26-27-21)14-2-3-14/h4-12,14,23H,2-3,13H2,1H3,(H2,25,26,27,29). The summed E-state index contributed by atoms with van der Waals surface area (Å²) < 4.78 is 7.55. The highest BCUT2D eigenvalue weighted by atomic mass is 16.5. The van der Waals surface area contributed by atoms with Crippen molar-refractivity contribution in [1.29, 1.82) is 0 Å². The fourth-order valence-corrected chi connectivity index (χ4v) is 3.47. The molecular weight excluding hydrogens is 380 g/mol. The molecule has 1 aliphatic rings. The number of anilines is 1. The van der Waals surface area contributed by atoms with E-state index in [2.05, 4.69) is 25.8 Å². The summed E-state index contributed by atoms with van der Waals surface area (Å²) in [5, 5.41) is 14.0. The van der Waals surface area contributed by atoms with Gasteiger partial charge < -0.3 is 10.1 Å². The first-order valence-corrected chi connectivity index (χ1v) is 9.95. The van der Waals surface area contributed by atoms with Crippen LogP contribution < -0.4 is 15.4 Å². The largest absolute Gasteiger partial charge is 0.457 e. The molecule has 1 saturated carbocycles. The van der Waals surface area contributed by atoms with Gasteiger partial charge in [0, 0.05) is 48.1 Å². The van der Waals surface area contributed by atoms with E-state index in [1.54, 1.807) is 17.0 Å². The molecule has 3 N–H and O–H groups in total. The molecule has 8 heteroatoms. The molecule has 0 radical (unpaired) electrons. The minimum absolute atomic E-state index is 0.252. The van der Waals surface area contributed by atoms with Crippen molar-refractivity contribution in [3.8, 4) is 11.5 Å². The van der Waals surface area contributed by atoms with Gasteiger partial charge in [0.1, 0.15) is 11.5 Å². The number of hydrogen-bond acceptors (Lipinski definition) is 5. The Morgan fingerprint density at radius 3 is 2.90 bits per heavy atom. The number of rotatable bonds is 6. The minimum Gasteiger partial charge on any atom is -0.457 e. The lowest BCUT2D eigenvalue weighted by Gasteiger charge is -2.08. The van der Waals surface area contributed by atoms with E-state index in [0.29, 0.717) is 24.0 Å². The second kappa shape index (κ2) is 7.64. The Morgan fingerprint density at radius 2 is 2.07 bits per heavy atom. The van der Waals surface area contributed by atoms with Crippen molar-refractivity contribution in [2.24, 2.45) is 0 Å². The van der Waals surface area contributed by atoms with E-state index in [9.17, 15) is 4.79 Å². The molecule has 5 rings (SSSR count). The summed E-state index contributed by atoms with van der Waals surface area (Å²) >= 11 is 0. The number of H-pyrrole nitrogens is 1. The van der Waals surface area contributed by atoms with Gasteiger partial charge in [-0.25, -0.2) is 4.79 Å². The van der Waals surface area contributed by atoms with Crippen LogP contribution in [0.3, 0.4) is 0 Å². The van der Waals surface area contributed by atoms with Crippen LogP contribution in [0.5, 0.6) is 11.5 Å². The second-order valence-electron chi connectivity index (χ2n) is 7.43. The summed E-state index contributed by atoms with van der Waals surface area (Å²) in [7, 11) is 1.88. The van der Waals surface area contributed by atoms with E-state index in [4.69, 9.17) is 4.74 Å². The first kappa shape index (κ1) is 18.4. The number of pyridine rings is 1. The third-order valence-corrected chi connectivity index (χ3v) is 5.11. The Labute approximate surface area is 173 Å². The maximum Gasteiger partial charge on any atom is 0.331 e. The SMILES string of the molecule is CNCc1cc(Oc2ccc3c(ccn3C(=O)Nc3cc(C4CC4)[nH]n3)c2)ccn1. The highest BCUT2D eigenvalue weighted by molar-refractivity contribution is 5.98. The van der Waals surface area contributed by atoms with E-state index in [1.165, 1.54) is 12.8 Å². The summed E-state index contributed by atoms with van der Waals surface area (Å²) in [6, 6.07) is 12.9. The number of benzene rings is 1. The molecule has 0 aliphatic heterocycles. The van der Waals surface area contributed by atoms with Crippen LogP contribution in [0.1, 0.15) is 30.1 Å². The fraction of sp³-hybridized carbons (Fsp3) is 0.227. The number of amides is 1. The molecule has 3 aromatic heterocycles. The Bertz CT molecular complexity index is 1210. The molecule has 8 nitrogen and oxygen atoms in total. The average Bonchev–Trinajstić information content (AvgIpc) is 3.34. The number of aromatic amines is 1. The second-order valence-corrected chi connectivity index (χ2v) is 7.43. The number of carbonyl (C=O) groups excluding carboxylic acids is 1. The van der Waals surface area contributed by atoms with Crippen molar-refractivity contribution in [2.75, 3.05) is 12.4 Å². The lowest BCUT2D eigenvalue weighted by atomic mass is 10.2. The van der Waals surface area contributed by atoms with Gasteiger partial charge >= 0.3 is 6.03 Å². The van der Waals surface area contributed by atoms with Gasteiger partial charge in [0.25, 0.3) is 0 Å². The van der Waals surface area contributed by atoms with Gasteiger partial charge in [0.15, 0.2) is 5.82 Å². The number of ether oxygens (including phenoxy) is 1. The maximum atomic E-state index is 12.7. The Kier molecular flexibility index (Phi) is 4.68. The van der Waals surface area contributed by atoms with Crippen LogP contribution in [0.25, 0.3) is 10.9 Å². The highest BCUT2D eigenvalue weighted by Gasteiger charge is 2.25. The average molecular weight is 402 g/mol. The van der Waals surface area contributed by atoms with Crippen molar-refractivity contribution in [3.63, 3.8) is 0 Å². The van der Waals surface area contributed by atoms with E-state index < -0.39 is 0 Å². The number of nitrogens with zero attached hydrogens (tertiary/aromatic N) is 3. The topological polar surface area (TPSA) is 96.9 Å². The third kappa shape index (κ3) is 3.77. The van der Waals surface area contributed by atoms with Crippen LogP contribution in [0.4, 0.5) is 10.6 Å². The number of carbonyl (C=O) groups is 1. The predicted octanol–water partition coefficient (Wildman–Crippen LogP) is 4.23. The third-order valence-electron chi connectivity index (χ3n) is 5.11. The molecule has 1 amide bonds. The first-order valence-electron chi connectivity index (χ1n) is 9.95. The summed E-state index contributed by atoms with van der Waals surface area (Å²) in [6.45, 7) is 0.673. The van der Waals surface area contributed by atoms with Crippen molar-refractivity contribution >= 4 is 22.8 Å². The Hall–Kier alpha value is -3.65. The van der Waals surface area contributed by atoms with Crippen LogP contribution in [0.2, 0.25) is 0 Å². The molecule has 0 atom stereocenters. The normalized spacial score (nSPS) is 13.5. The molecular formula is C22H22N6O2. The Morgan fingerprint density at radius 1 is 1.20 bits per heavy atom. The molecule has 0 spiro atoms. The van der Waals surface area contributed by atoms with E-state index in [0.717, 1.165) is 28.0 Å². The molecule has 0 unspecified atom stereocenters. The predicted molar refractivity (Wildman–Crippen MR) is 114 cm³/mol. The van der Waals surface area contributed by atoms with Gasteiger partial charge in [-0.2, -0.15) is 5.10 Å². The van der Waals surface area contributed by atoms with Gasteiger partial charge in [0.05, 0.1) is 11.2 Å². The quantitative estimate of drug-likeness (QED) is 0.448. The zero-order valence-corrected chi connectivity index (χ0v) is 16.6. The van der Waals surface area contributed by atoms with Crippen LogP contribution in [0.15, 0.2) is 54.9 Å². The number of aromatic nitrogens is 4. The smallest absolute Gasteiger partial charge is 0.331 e. The fourth-order valence-electron chi connectivity index (χ4n) is 3.47. The van der Waals surface area contributed by atoms with E-state index >= 15 is 0 Å². The van der Waals surface area contributed by atoms with E-state index in [-0.39, 0.29) is 6.03 Å². The molecule has 1 aliphatic carbocycles. The number of nitrogens with one attached hydrogen (secondary N) is 3. The first-order chi connectivity index (χ1) is 14.7. The zero-order chi connectivity index (χ0) is 20.5. The Balaban J connectivity index is 1.32. The molecule has 152 valence electrons. The van der Waals surface area contributed by atoms with Crippen LogP contribution in [-0.2, 0) is 6.54 Å². The van der Waals surface area contributed by atoms with Gasteiger partial charge in [-0.3, -0.25) is 20.0 Å². The summed E-state index contributed by atoms with van der Waals surface area (Å²) in [4.78, 5) is 17.0. The van der Waals surface area contributed by atoms with E-state index in [1.807, 2.05) is 49.5 Å².